The van der Waals surface area contributed by atoms with Crippen molar-refractivity contribution in [2.45, 2.75) is 39.3 Å². The first-order valence-electron chi connectivity index (χ1n) is 6.29. The Morgan fingerprint density at radius 1 is 1.29 bits per heavy atom. The van der Waals surface area contributed by atoms with E-state index >= 15 is 0 Å². The molecule has 0 amide bonds. The molecule has 1 aromatic carbocycles. The van der Waals surface area contributed by atoms with Gasteiger partial charge in [-0.3, -0.25) is 4.99 Å². The Labute approximate surface area is 108 Å². The average molecular weight is 248 g/mol. The molecule has 0 saturated carbocycles. The van der Waals surface area contributed by atoms with Crippen LogP contribution in [0.2, 0.25) is 0 Å². The minimum atomic E-state index is 0.567. The highest BCUT2D eigenvalue weighted by atomic mass is 32.2. The van der Waals surface area contributed by atoms with Crippen LogP contribution in [-0.4, -0.2) is 17.0 Å². The fourth-order valence-corrected chi connectivity index (χ4v) is 2.90. The number of aryl methyl sites for hydroxylation is 1. The van der Waals surface area contributed by atoms with Crippen molar-refractivity contribution >= 4 is 16.9 Å². The van der Waals surface area contributed by atoms with Crippen LogP contribution in [0.4, 0.5) is 0 Å². The van der Waals surface area contributed by atoms with Crippen LogP contribution in [-0.2, 0) is 13.0 Å². The molecule has 17 heavy (non-hydrogen) atoms. The van der Waals surface area contributed by atoms with Gasteiger partial charge in [0.15, 0.2) is 5.17 Å². The molecule has 0 bridgehead atoms. The van der Waals surface area contributed by atoms with Gasteiger partial charge in [0.2, 0.25) is 0 Å². The fourth-order valence-electron chi connectivity index (χ4n) is 1.79. The predicted molar refractivity (Wildman–Crippen MR) is 76.6 cm³/mol. The van der Waals surface area contributed by atoms with Gasteiger partial charge in [0, 0.05) is 11.8 Å². The van der Waals surface area contributed by atoms with Crippen molar-refractivity contribution in [3.8, 4) is 0 Å². The van der Waals surface area contributed by atoms with E-state index in [9.17, 15) is 0 Å². The third kappa shape index (κ3) is 3.77. The second-order valence-corrected chi connectivity index (χ2v) is 5.56. The second kappa shape index (κ2) is 6.10. The number of hydrogen-bond acceptors (Lipinski definition) is 2. The topological polar surface area (TPSA) is 24.4 Å². The molecule has 1 heterocycles. The monoisotopic (exact) mass is 248 g/mol. The van der Waals surface area contributed by atoms with Crippen molar-refractivity contribution in [2.75, 3.05) is 5.75 Å². The number of aliphatic imine (C=N–C) groups is 1. The maximum atomic E-state index is 4.63. The van der Waals surface area contributed by atoms with Crippen molar-refractivity contribution in [3.63, 3.8) is 0 Å². The van der Waals surface area contributed by atoms with Crippen LogP contribution in [0, 0.1) is 0 Å². The number of benzene rings is 1. The number of nitrogens with one attached hydrogen (secondary N) is 1. The van der Waals surface area contributed by atoms with E-state index in [1.165, 1.54) is 23.3 Å². The minimum absolute atomic E-state index is 0.567. The highest BCUT2D eigenvalue weighted by Crippen LogP contribution is 2.14. The van der Waals surface area contributed by atoms with Gasteiger partial charge in [-0.05, 0) is 30.9 Å². The summed E-state index contributed by atoms with van der Waals surface area (Å²) in [5.41, 5.74) is 2.68. The summed E-state index contributed by atoms with van der Waals surface area (Å²) < 4.78 is 0. The molecular weight excluding hydrogens is 228 g/mol. The first-order chi connectivity index (χ1) is 8.28. The lowest BCUT2D eigenvalue weighted by Crippen LogP contribution is -2.35. The lowest BCUT2D eigenvalue weighted by Gasteiger charge is -2.21. The summed E-state index contributed by atoms with van der Waals surface area (Å²) in [6.07, 6.45) is 2.33. The largest absolute Gasteiger partial charge is 0.362 e. The Morgan fingerprint density at radius 2 is 2.00 bits per heavy atom. The molecule has 92 valence electrons. The molecule has 0 aliphatic carbocycles. The van der Waals surface area contributed by atoms with Gasteiger partial charge in [0.1, 0.15) is 0 Å². The Kier molecular flexibility index (Phi) is 4.49. The first kappa shape index (κ1) is 12.5. The van der Waals surface area contributed by atoms with E-state index in [1.54, 1.807) is 0 Å². The normalized spacial score (nSPS) is 22.5. The maximum absolute atomic E-state index is 4.63. The number of nitrogens with zero attached hydrogens (tertiary/aromatic N) is 1. The van der Waals surface area contributed by atoms with E-state index in [0.29, 0.717) is 6.04 Å². The SMILES string of the molecule is CCc1ccc(CN=C2NC(C)CCS2)cc1. The Balaban J connectivity index is 1.93. The van der Waals surface area contributed by atoms with Crippen molar-refractivity contribution in [1.82, 2.24) is 5.32 Å². The molecule has 1 unspecified atom stereocenters. The lowest BCUT2D eigenvalue weighted by atomic mass is 10.1. The third-order valence-corrected chi connectivity index (χ3v) is 3.96. The van der Waals surface area contributed by atoms with Crippen LogP contribution in [0.1, 0.15) is 31.4 Å². The fraction of sp³-hybridized carbons (Fsp3) is 0.500. The summed E-state index contributed by atoms with van der Waals surface area (Å²) in [6, 6.07) is 9.32. The Morgan fingerprint density at radius 3 is 2.65 bits per heavy atom. The van der Waals surface area contributed by atoms with Crippen LogP contribution in [0.15, 0.2) is 29.3 Å². The standard InChI is InChI=1S/C14H20N2S/c1-3-12-4-6-13(7-5-12)10-15-14-16-11(2)8-9-17-14/h4-7,11H,3,8-10H2,1-2H3,(H,15,16). The van der Waals surface area contributed by atoms with Crippen molar-refractivity contribution in [3.05, 3.63) is 35.4 Å². The highest BCUT2D eigenvalue weighted by Gasteiger charge is 2.12. The molecule has 1 atom stereocenters. The van der Waals surface area contributed by atoms with Gasteiger partial charge in [0.05, 0.1) is 6.54 Å². The zero-order chi connectivity index (χ0) is 12.1. The van der Waals surface area contributed by atoms with E-state index in [0.717, 1.165) is 18.1 Å². The molecule has 1 fully saturated rings. The number of amidine groups is 1. The van der Waals surface area contributed by atoms with Crippen LogP contribution < -0.4 is 5.32 Å². The Hall–Kier alpha value is -0.960. The summed E-state index contributed by atoms with van der Waals surface area (Å²) in [7, 11) is 0. The van der Waals surface area contributed by atoms with Gasteiger partial charge in [-0.25, -0.2) is 0 Å². The molecule has 1 aliphatic heterocycles. The molecule has 0 aromatic heterocycles. The molecule has 3 heteroatoms. The van der Waals surface area contributed by atoms with Crippen molar-refractivity contribution in [1.29, 1.82) is 0 Å². The summed E-state index contributed by atoms with van der Waals surface area (Å²) in [6.45, 7) is 5.18. The molecule has 2 rings (SSSR count). The molecule has 0 spiro atoms. The van der Waals surface area contributed by atoms with Crippen molar-refractivity contribution in [2.24, 2.45) is 4.99 Å². The smallest absolute Gasteiger partial charge is 0.157 e. The van der Waals surface area contributed by atoms with E-state index in [1.807, 2.05) is 11.8 Å². The molecule has 2 nitrogen and oxygen atoms in total. The van der Waals surface area contributed by atoms with Crippen LogP contribution in [0.3, 0.4) is 0 Å². The number of hydrogen-bond donors (Lipinski definition) is 1. The molecular formula is C14H20N2S. The summed E-state index contributed by atoms with van der Waals surface area (Å²) in [5.74, 6) is 1.18. The Bertz CT molecular complexity index is 384. The minimum Gasteiger partial charge on any atom is -0.362 e. The molecule has 1 saturated heterocycles. The van der Waals surface area contributed by atoms with Crippen LogP contribution in [0.25, 0.3) is 0 Å². The number of thioether (sulfide) groups is 1. The first-order valence-corrected chi connectivity index (χ1v) is 7.28. The summed E-state index contributed by atoms with van der Waals surface area (Å²) >= 11 is 1.83. The lowest BCUT2D eigenvalue weighted by molar-refractivity contribution is 0.642. The average Bonchev–Trinajstić information content (AvgIpc) is 2.37. The zero-order valence-corrected chi connectivity index (χ0v) is 11.4. The third-order valence-electron chi connectivity index (χ3n) is 3.00. The highest BCUT2D eigenvalue weighted by molar-refractivity contribution is 8.13. The van der Waals surface area contributed by atoms with Gasteiger partial charge in [0.25, 0.3) is 0 Å². The molecule has 1 aliphatic rings. The summed E-state index contributed by atoms with van der Waals surface area (Å²) in [5, 5.41) is 4.52. The maximum Gasteiger partial charge on any atom is 0.157 e. The van der Waals surface area contributed by atoms with E-state index in [-0.39, 0.29) is 0 Å². The van der Waals surface area contributed by atoms with Gasteiger partial charge in [-0.2, -0.15) is 0 Å². The van der Waals surface area contributed by atoms with Gasteiger partial charge in [-0.1, -0.05) is 43.0 Å². The predicted octanol–water partition coefficient (Wildman–Crippen LogP) is 3.22. The molecule has 0 radical (unpaired) electrons. The molecule has 1 aromatic rings. The van der Waals surface area contributed by atoms with Crippen molar-refractivity contribution < 1.29 is 0 Å². The number of rotatable bonds is 3. The van der Waals surface area contributed by atoms with Gasteiger partial charge < -0.3 is 5.32 Å². The van der Waals surface area contributed by atoms with E-state index < -0.39 is 0 Å². The quantitative estimate of drug-likeness (QED) is 0.888. The second-order valence-electron chi connectivity index (χ2n) is 4.47. The van der Waals surface area contributed by atoms with Gasteiger partial charge in [-0.15, -0.1) is 0 Å². The molecule has 1 N–H and O–H groups in total. The zero-order valence-electron chi connectivity index (χ0n) is 10.6. The summed E-state index contributed by atoms with van der Waals surface area (Å²) in [4.78, 5) is 4.63. The van der Waals surface area contributed by atoms with Crippen LogP contribution in [0.5, 0.6) is 0 Å². The van der Waals surface area contributed by atoms with E-state index in [4.69, 9.17) is 0 Å². The van der Waals surface area contributed by atoms with Gasteiger partial charge >= 0.3 is 0 Å². The van der Waals surface area contributed by atoms with Crippen LogP contribution >= 0.6 is 11.8 Å². The van der Waals surface area contributed by atoms with E-state index in [2.05, 4.69) is 48.4 Å².